The first-order chi connectivity index (χ1) is 17.2. The monoisotopic (exact) mass is 560 g/mol. The fourth-order valence-corrected chi connectivity index (χ4v) is 4.97. The topological polar surface area (TPSA) is 68.2 Å². The zero-order valence-corrected chi connectivity index (χ0v) is 22.2. The Kier molecular flexibility index (Phi) is 8.26. The van der Waals surface area contributed by atoms with Crippen molar-refractivity contribution in [3.8, 4) is 5.75 Å². The number of amides is 1. The predicted molar refractivity (Wildman–Crippen MR) is 145 cm³/mol. The van der Waals surface area contributed by atoms with Crippen LogP contribution in [-0.2, 0) is 16.1 Å². The van der Waals surface area contributed by atoms with Crippen molar-refractivity contribution in [1.29, 1.82) is 0 Å². The molecule has 3 aromatic rings. The van der Waals surface area contributed by atoms with E-state index in [4.69, 9.17) is 44.3 Å². The third kappa shape index (κ3) is 6.05. The van der Waals surface area contributed by atoms with E-state index in [1.165, 1.54) is 23.8 Å². The summed E-state index contributed by atoms with van der Waals surface area (Å²) in [5.41, 5.74) is 2.58. The Balaban J connectivity index is 1.51. The van der Waals surface area contributed by atoms with Crippen molar-refractivity contribution in [3.05, 3.63) is 97.3 Å². The van der Waals surface area contributed by atoms with Gasteiger partial charge in [-0.25, -0.2) is 9.79 Å². The molecular formula is C26H19Cl3N2O4S. The van der Waals surface area contributed by atoms with Gasteiger partial charge in [0.15, 0.2) is 10.9 Å². The number of rotatable bonds is 6. The third-order valence-corrected chi connectivity index (χ3v) is 7.01. The number of ether oxygens (including phenoxy) is 2. The van der Waals surface area contributed by atoms with Crippen molar-refractivity contribution in [3.63, 3.8) is 0 Å². The highest BCUT2D eigenvalue weighted by Gasteiger charge is 2.30. The molecule has 0 spiro atoms. The summed E-state index contributed by atoms with van der Waals surface area (Å²) in [6.45, 7) is 0.274. The lowest BCUT2D eigenvalue weighted by molar-refractivity contribution is -0.121. The Labute approximate surface area is 227 Å². The van der Waals surface area contributed by atoms with Crippen molar-refractivity contribution in [1.82, 2.24) is 4.90 Å². The number of carbonyl (C=O) groups excluding carboxylic acids is 2. The molecule has 1 saturated heterocycles. The minimum Gasteiger partial charge on any atom is -0.486 e. The van der Waals surface area contributed by atoms with Crippen molar-refractivity contribution >= 4 is 75.4 Å². The quantitative estimate of drug-likeness (QED) is 0.234. The zero-order chi connectivity index (χ0) is 25.8. The summed E-state index contributed by atoms with van der Waals surface area (Å²) in [5, 5.41) is 1.79. The minimum absolute atomic E-state index is 0.208. The molecule has 6 nitrogen and oxygen atoms in total. The second kappa shape index (κ2) is 11.4. The molecule has 1 aliphatic heterocycles. The van der Waals surface area contributed by atoms with Gasteiger partial charge in [-0.1, -0.05) is 46.9 Å². The lowest BCUT2D eigenvalue weighted by atomic mass is 10.2. The molecule has 3 aromatic carbocycles. The normalized spacial score (nSPS) is 15.6. The van der Waals surface area contributed by atoms with Gasteiger partial charge in [0.05, 0.1) is 33.3 Å². The number of amidine groups is 1. The first-order valence-electron chi connectivity index (χ1n) is 10.6. The molecule has 0 radical (unpaired) electrons. The summed E-state index contributed by atoms with van der Waals surface area (Å²) in [5.74, 6) is -0.281. The number of halogens is 3. The molecule has 184 valence electrons. The van der Waals surface area contributed by atoms with E-state index in [-0.39, 0.29) is 12.5 Å². The van der Waals surface area contributed by atoms with Gasteiger partial charge in [-0.15, -0.1) is 0 Å². The largest absolute Gasteiger partial charge is 0.486 e. The Morgan fingerprint density at radius 2 is 1.67 bits per heavy atom. The van der Waals surface area contributed by atoms with Crippen LogP contribution < -0.4 is 4.74 Å². The molecule has 0 aromatic heterocycles. The number of hydrogen-bond donors (Lipinski definition) is 0. The lowest BCUT2D eigenvalue weighted by Gasteiger charge is -2.11. The molecule has 1 heterocycles. The number of carbonyl (C=O) groups is 2. The summed E-state index contributed by atoms with van der Waals surface area (Å²) in [6, 6.07) is 17.2. The van der Waals surface area contributed by atoms with Crippen molar-refractivity contribution in [2.45, 2.75) is 6.61 Å². The fourth-order valence-electron chi connectivity index (χ4n) is 3.24. The van der Waals surface area contributed by atoms with Crippen LogP contribution in [0.15, 0.2) is 70.6 Å². The minimum atomic E-state index is -0.430. The second-order valence-corrected chi connectivity index (χ2v) is 9.90. The van der Waals surface area contributed by atoms with Gasteiger partial charge in [-0.05, 0) is 77.5 Å². The van der Waals surface area contributed by atoms with Crippen LogP contribution in [0.3, 0.4) is 0 Å². The van der Waals surface area contributed by atoms with E-state index in [9.17, 15) is 9.59 Å². The third-order valence-electron chi connectivity index (χ3n) is 5.13. The summed E-state index contributed by atoms with van der Waals surface area (Å²) in [7, 11) is 2.97. The molecule has 0 bridgehead atoms. The van der Waals surface area contributed by atoms with Crippen molar-refractivity contribution < 1.29 is 19.1 Å². The van der Waals surface area contributed by atoms with E-state index < -0.39 is 5.97 Å². The summed E-state index contributed by atoms with van der Waals surface area (Å²) in [4.78, 5) is 30.9. The van der Waals surface area contributed by atoms with E-state index in [0.29, 0.717) is 47.7 Å². The molecule has 0 aliphatic carbocycles. The molecule has 1 fully saturated rings. The number of nitrogens with zero attached hydrogens (tertiary/aromatic N) is 2. The molecule has 10 heteroatoms. The van der Waals surface area contributed by atoms with Crippen LogP contribution in [0, 0.1) is 0 Å². The number of esters is 1. The Hall–Kier alpha value is -2.97. The number of benzene rings is 3. The zero-order valence-electron chi connectivity index (χ0n) is 19.1. The lowest BCUT2D eigenvalue weighted by Crippen LogP contribution is -2.23. The SMILES string of the molecule is COC(=O)c1ccc(N=C2S/C(=C\c3cc(Cl)c(OCc4ccc(Cl)cc4)c(Cl)c3)C(=O)N2C)cc1. The van der Waals surface area contributed by atoms with Crippen molar-refractivity contribution in [2.75, 3.05) is 14.2 Å². The predicted octanol–water partition coefficient (Wildman–Crippen LogP) is 7.25. The number of methoxy groups -OCH3 is 1. The van der Waals surface area contributed by atoms with Gasteiger partial charge < -0.3 is 9.47 Å². The van der Waals surface area contributed by atoms with Crippen LogP contribution in [0.2, 0.25) is 15.1 Å². The highest BCUT2D eigenvalue weighted by atomic mass is 35.5. The summed E-state index contributed by atoms with van der Waals surface area (Å²) in [6.07, 6.45) is 1.70. The molecule has 1 aliphatic rings. The Morgan fingerprint density at radius 3 is 2.28 bits per heavy atom. The number of likely N-dealkylation sites (N-methyl/N-ethyl adjacent to an activating group) is 1. The molecule has 0 N–H and O–H groups in total. The number of aliphatic imine (C=N–C) groups is 1. The van der Waals surface area contributed by atoms with Gasteiger partial charge in [-0.3, -0.25) is 9.69 Å². The van der Waals surface area contributed by atoms with Gasteiger partial charge in [0.1, 0.15) is 6.61 Å². The maximum atomic E-state index is 12.8. The van der Waals surface area contributed by atoms with E-state index in [1.807, 2.05) is 12.1 Å². The Bertz CT molecular complexity index is 1350. The molecule has 0 saturated carbocycles. The number of hydrogen-bond acceptors (Lipinski definition) is 6. The molecular weight excluding hydrogens is 543 g/mol. The van der Waals surface area contributed by atoms with Crippen LogP contribution in [0.1, 0.15) is 21.5 Å². The average molecular weight is 562 g/mol. The van der Waals surface area contributed by atoms with E-state index in [2.05, 4.69) is 4.99 Å². The van der Waals surface area contributed by atoms with Gasteiger partial charge in [-0.2, -0.15) is 0 Å². The van der Waals surface area contributed by atoms with Gasteiger partial charge in [0.2, 0.25) is 0 Å². The average Bonchev–Trinajstić information content (AvgIpc) is 3.12. The molecule has 1 amide bonds. The summed E-state index contributed by atoms with van der Waals surface area (Å²) >= 11 is 20.0. The number of thioether (sulfide) groups is 1. The summed E-state index contributed by atoms with van der Waals surface area (Å²) < 4.78 is 10.5. The van der Waals surface area contributed by atoms with Crippen LogP contribution in [0.4, 0.5) is 5.69 Å². The smallest absolute Gasteiger partial charge is 0.337 e. The standard InChI is InChI=1S/C26H19Cl3N2O4S/c1-31-24(32)22(36-26(31)30-19-9-5-17(6-10-19)25(33)34-2)13-16-11-20(28)23(21(29)12-16)35-14-15-3-7-18(27)8-4-15/h3-13H,14H2,1-2H3/b22-13-,30-26?. The van der Waals surface area contributed by atoms with Gasteiger partial charge >= 0.3 is 5.97 Å². The first kappa shape index (κ1) is 26.1. The fraction of sp³-hybridized carbons (Fsp3) is 0.115. The maximum absolute atomic E-state index is 12.8. The maximum Gasteiger partial charge on any atom is 0.337 e. The first-order valence-corrected chi connectivity index (χ1v) is 12.5. The molecule has 36 heavy (non-hydrogen) atoms. The second-order valence-electron chi connectivity index (χ2n) is 7.64. The van der Waals surface area contributed by atoms with E-state index in [0.717, 1.165) is 5.56 Å². The van der Waals surface area contributed by atoms with Crippen LogP contribution in [-0.4, -0.2) is 36.1 Å². The van der Waals surface area contributed by atoms with Crippen molar-refractivity contribution in [2.24, 2.45) is 4.99 Å². The van der Waals surface area contributed by atoms with Gasteiger partial charge in [0, 0.05) is 12.1 Å². The van der Waals surface area contributed by atoms with Gasteiger partial charge in [0.25, 0.3) is 5.91 Å². The van der Waals surface area contributed by atoms with Crippen LogP contribution in [0.25, 0.3) is 6.08 Å². The Morgan fingerprint density at radius 1 is 1.03 bits per heavy atom. The molecule has 0 atom stereocenters. The highest BCUT2D eigenvalue weighted by Crippen LogP contribution is 2.38. The highest BCUT2D eigenvalue weighted by molar-refractivity contribution is 8.18. The van der Waals surface area contributed by atoms with Crippen LogP contribution in [0.5, 0.6) is 5.75 Å². The molecule has 4 rings (SSSR count). The van der Waals surface area contributed by atoms with E-state index in [1.54, 1.807) is 61.7 Å². The molecule has 0 unspecified atom stereocenters. The van der Waals surface area contributed by atoms with Crippen LogP contribution >= 0.6 is 46.6 Å². The van der Waals surface area contributed by atoms with E-state index >= 15 is 0 Å².